The van der Waals surface area contributed by atoms with Crippen molar-refractivity contribution in [3.8, 4) is 0 Å². The highest BCUT2D eigenvalue weighted by atomic mass is 31.2. The van der Waals surface area contributed by atoms with Crippen LogP contribution in [-0.4, -0.2) is 96.7 Å². The van der Waals surface area contributed by atoms with Gasteiger partial charge in [-0.25, -0.2) is 9.13 Å². The number of phosphoric acid groups is 2. The highest BCUT2D eigenvalue weighted by molar-refractivity contribution is 7.47. The van der Waals surface area contributed by atoms with Crippen LogP contribution in [0.2, 0.25) is 0 Å². The third kappa shape index (κ3) is 66.0. The van der Waals surface area contributed by atoms with E-state index in [2.05, 4.69) is 65.8 Å². The van der Waals surface area contributed by atoms with E-state index in [4.69, 9.17) is 37.0 Å². The van der Waals surface area contributed by atoms with Gasteiger partial charge in [0.1, 0.15) is 19.3 Å². The predicted molar refractivity (Wildman–Crippen MR) is 367 cm³/mol. The van der Waals surface area contributed by atoms with Gasteiger partial charge in [-0.15, -0.1) is 0 Å². The second kappa shape index (κ2) is 63.6. The minimum absolute atomic E-state index is 0.100. The van der Waals surface area contributed by atoms with Gasteiger partial charge in [0.15, 0.2) is 12.2 Å². The molecule has 5 atom stereocenters. The van der Waals surface area contributed by atoms with Crippen LogP contribution < -0.4 is 0 Å². The van der Waals surface area contributed by atoms with Crippen molar-refractivity contribution in [2.75, 3.05) is 39.6 Å². The van der Waals surface area contributed by atoms with E-state index in [1.807, 2.05) is 0 Å². The lowest BCUT2D eigenvalue weighted by Crippen LogP contribution is -2.30. The number of hydrogen-bond donors (Lipinski definition) is 3. The molecule has 0 aromatic carbocycles. The minimum atomic E-state index is -4.96. The average molecular weight is 1340 g/mol. The van der Waals surface area contributed by atoms with Crippen molar-refractivity contribution < 1.29 is 80.2 Å². The molecule has 0 aromatic rings. The zero-order valence-electron chi connectivity index (χ0n) is 58.6. The van der Waals surface area contributed by atoms with Crippen molar-refractivity contribution in [3.05, 3.63) is 24.3 Å². The topological polar surface area (TPSA) is 237 Å². The number of rotatable bonds is 69. The molecule has 0 aromatic heterocycles. The van der Waals surface area contributed by atoms with Crippen molar-refractivity contribution in [1.29, 1.82) is 0 Å². The Morgan fingerprint density at radius 2 is 0.593 bits per heavy atom. The van der Waals surface area contributed by atoms with Crippen LogP contribution in [0.3, 0.4) is 0 Å². The van der Waals surface area contributed by atoms with Crippen LogP contribution >= 0.6 is 15.6 Å². The lowest BCUT2D eigenvalue weighted by molar-refractivity contribution is -0.161. The zero-order valence-corrected chi connectivity index (χ0v) is 60.4. The fourth-order valence-electron chi connectivity index (χ4n) is 10.4. The highest BCUT2D eigenvalue weighted by Crippen LogP contribution is 2.45. The van der Waals surface area contributed by atoms with Gasteiger partial charge < -0.3 is 33.8 Å². The summed E-state index contributed by atoms with van der Waals surface area (Å²) in [5, 5.41) is 10.6. The normalized spacial score (nSPS) is 14.3. The number of unbranched alkanes of at least 4 members (excludes halogenated alkanes) is 36. The summed E-state index contributed by atoms with van der Waals surface area (Å²) in [5.41, 5.74) is 0. The van der Waals surface area contributed by atoms with Crippen molar-refractivity contribution >= 4 is 39.5 Å². The van der Waals surface area contributed by atoms with E-state index in [0.717, 1.165) is 127 Å². The van der Waals surface area contributed by atoms with Gasteiger partial charge in [0, 0.05) is 25.7 Å². The largest absolute Gasteiger partial charge is 0.472 e. The summed E-state index contributed by atoms with van der Waals surface area (Å²) >= 11 is 0. The maximum atomic E-state index is 13.0. The van der Waals surface area contributed by atoms with Gasteiger partial charge in [0.25, 0.3) is 0 Å². The number of carbonyl (C=O) groups is 4. The molecule has 91 heavy (non-hydrogen) atoms. The van der Waals surface area contributed by atoms with Crippen molar-refractivity contribution in [3.63, 3.8) is 0 Å². The van der Waals surface area contributed by atoms with Crippen LogP contribution in [0, 0.1) is 11.8 Å². The van der Waals surface area contributed by atoms with Gasteiger partial charge in [-0.1, -0.05) is 291 Å². The molecule has 0 aliphatic heterocycles. The smallest absolute Gasteiger partial charge is 0.462 e. The summed E-state index contributed by atoms with van der Waals surface area (Å²) in [5.74, 6) is -0.646. The third-order valence-corrected chi connectivity index (χ3v) is 18.0. The van der Waals surface area contributed by atoms with Crippen molar-refractivity contribution in [1.82, 2.24) is 0 Å². The minimum Gasteiger partial charge on any atom is -0.462 e. The van der Waals surface area contributed by atoms with Gasteiger partial charge in [0.05, 0.1) is 26.4 Å². The maximum absolute atomic E-state index is 13.0. The van der Waals surface area contributed by atoms with E-state index < -0.39 is 97.5 Å². The first-order valence-electron chi connectivity index (χ1n) is 36.8. The molecule has 0 radical (unpaired) electrons. The number of allylic oxidation sites excluding steroid dienone is 4. The molecule has 0 heterocycles. The Balaban J connectivity index is 5.26. The molecular weight excluding hydrogens is 1200 g/mol. The third-order valence-electron chi connectivity index (χ3n) is 16.1. The molecule has 0 bridgehead atoms. The lowest BCUT2D eigenvalue weighted by Gasteiger charge is -2.21. The Bertz CT molecular complexity index is 1860. The average Bonchev–Trinajstić information content (AvgIpc) is 3.72. The number of aliphatic hydroxyl groups is 1. The van der Waals surface area contributed by atoms with E-state index in [1.165, 1.54) is 135 Å². The molecule has 0 fully saturated rings. The molecular formula is C72H136O17P2. The summed E-state index contributed by atoms with van der Waals surface area (Å²) in [4.78, 5) is 72.5. The monoisotopic (exact) mass is 1330 g/mol. The van der Waals surface area contributed by atoms with E-state index in [0.29, 0.717) is 25.7 Å². The van der Waals surface area contributed by atoms with Crippen LogP contribution in [0.5, 0.6) is 0 Å². The zero-order chi connectivity index (χ0) is 67.2. The lowest BCUT2D eigenvalue weighted by atomic mass is 10.0. The van der Waals surface area contributed by atoms with E-state index >= 15 is 0 Å². The Kier molecular flexibility index (Phi) is 61.9. The number of esters is 4. The number of hydrogen-bond acceptors (Lipinski definition) is 15. The molecule has 0 saturated carbocycles. The molecule has 0 saturated heterocycles. The number of phosphoric ester groups is 2. The van der Waals surface area contributed by atoms with E-state index in [-0.39, 0.29) is 25.7 Å². The predicted octanol–water partition coefficient (Wildman–Crippen LogP) is 20.3. The molecule has 0 amide bonds. The van der Waals surface area contributed by atoms with E-state index in [1.54, 1.807) is 0 Å². The van der Waals surface area contributed by atoms with Gasteiger partial charge in [-0.2, -0.15) is 0 Å². The number of aliphatic hydroxyl groups excluding tert-OH is 1. The van der Waals surface area contributed by atoms with Crippen LogP contribution in [0.25, 0.3) is 0 Å². The molecule has 0 aliphatic rings. The summed E-state index contributed by atoms with van der Waals surface area (Å²) in [6.45, 7) is 9.45. The number of ether oxygens (including phenoxy) is 4. The molecule has 0 aliphatic carbocycles. The Hall–Kier alpha value is -2.46. The SMILES string of the molecule is CCCCCC/C=C\C=C/CCCCCCCC(=O)OC[C@H](COP(=O)(O)OC[C@@H](O)COP(=O)(O)OC[C@@H](COC(=O)CCCCCCCCCC)OC(=O)CCCCCCCCCCC(C)C)OC(=O)CCCCCCCCCCCCCCCCC(C)C. The molecule has 0 spiro atoms. The Morgan fingerprint density at radius 1 is 0.341 bits per heavy atom. The second-order valence-electron chi connectivity index (χ2n) is 26.2. The maximum Gasteiger partial charge on any atom is 0.472 e. The van der Waals surface area contributed by atoms with Crippen LogP contribution in [0.4, 0.5) is 0 Å². The van der Waals surface area contributed by atoms with Crippen LogP contribution in [-0.2, 0) is 65.4 Å². The summed E-state index contributed by atoms with van der Waals surface area (Å²) in [7, 11) is -9.91. The summed E-state index contributed by atoms with van der Waals surface area (Å²) in [6, 6.07) is 0. The fraction of sp³-hybridized carbons (Fsp3) is 0.889. The van der Waals surface area contributed by atoms with Crippen molar-refractivity contribution in [2.24, 2.45) is 11.8 Å². The fourth-order valence-corrected chi connectivity index (χ4v) is 12.0. The molecule has 17 nitrogen and oxygen atoms in total. The molecule has 3 N–H and O–H groups in total. The quantitative estimate of drug-likeness (QED) is 0.0169. The van der Waals surface area contributed by atoms with E-state index in [9.17, 15) is 43.2 Å². The first-order chi connectivity index (χ1) is 43.9. The van der Waals surface area contributed by atoms with Gasteiger partial charge >= 0.3 is 39.5 Å². The summed E-state index contributed by atoms with van der Waals surface area (Å²) in [6.07, 6.45) is 52.2. The van der Waals surface area contributed by atoms with Gasteiger partial charge in [-0.05, 0) is 63.2 Å². The standard InChI is InChI=1S/C72H136O17P2/c1-7-9-11-13-15-17-18-19-20-24-27-30-37-43-49-55-70(75)83-61-68(88-71(76)56-50-44-38-31-28-25-22-21-23-26-29-34-40-46-52-64(3)4)63-87-91(80,81)85-59-66(73)58-84-90(78,79)86-62-67(60-82-69(74)54-48-42-36-16-14-12-10-8-2)89-72(77)57-51-45-39-33-32-35-41-47-53-65(5)6/h17-20,64-68,73H,7-16,21-63H2,1-6H3,(H,78,79)(H,80,81)/b18-17-,20-19-/t66-,67+,68+/m0/s1. The second-order valence-corrected chi connectivity index (χ2v) is 29.2. The Labute approximate surface area is 554 Å². The molecule has 0 rings (SSSR count). The van der Waals surface area contributed by atoms with Gasteiger partial charge in [-0.3, -0.25) is 37.3 Å². The van der Waals surface area contributed by atoms with Crippen LogP contribution in [0.15, 0.2) is 24.3 Å². The van der Waals surface area contributed by atoms with Gasteiger partial charge in [0.2, 0.25) is 0 Å². The highest BCUT2D eigenvalue weighted by Gasteiger charge is 2.30. The Morgan fingerprint density at radius 3 is 0.901 bits per heavy atom. The van der Waals surface area contributed by atoms with Crippen LogP contribution in [0.1, 0.15) is 343 Å². The molecule has 536 valence electrons. The summed E-state index contributed by atoms with van der Waals surface area (Å²) < 4.78 is 68.2. The molecule has 2 unspecified atom stereocenters. The first kappa shape index (κ1) is 88.5. The molecule has 19 heteroatoms. The van der Waals surface area contributed by atoms with Crippen molar-refractivity contribution in [2.45, 2.75) is 362 Å². The number of carbonyl (C=O) groups excluding carboxylic acids is 4. The first-order valence-corrected chi connectivity index (χ1v) is 39.8.